The molecule has 6 nitrogen and oxygen atoms in total. The van der Waals surface area contributed by atoms with E-state index in [0.29, 0.717) is 37.1 Å². The van der Waals surface area contributed by atoms with Gasteiger partial charge in [0.2, 0.25) is 0 Å². The van der Waals surface area contributed by atoms with Crippen LogP contribution < -0.4 is 5.48 Å². The van der Waals surface area contributed by atoms with Crippen LogP contribution in [0.5, 0.6) is 0 Å². The van der Waals surface area contributed by atoms with Crippen molar-refractivity contribution in [1.82, 2.24) is 15.0 Å². The first-order chi connectivity index (χ1) is 15.0. The Kier molecular flexibility index (Phi) is 7.89. The number of carboxylic acid groups (broad SMARTS) is 1. The molecule has 0 amide bonds. The predicted octanol–water partition coefficient (Wildman–Crippen LogP) is 4.51. The highest BCUT2D eigenvalue weighted by atomic mass is 19.1. The van der Waals surface area contributed by atoms with E-state index in [9.17, 15) is 13.6 Å². The molecule has 162 valence electrons. The number of carboxylic acids is 1. The van der Waals surface area contributed by atoms with Crippen LogP contribution >= 0.6 is 0 Å². The summed E-state index contributed by atoms with van der Waals surface area (Å²) >= 11 is 0. The second-order valence-corrected chi connectivity index (χ2v) is 6.90. The number of allylic oxidation sites excluding steroid dienone is 1. The SMILES string of the molecule is O=C(O)CCCCONC(=C(Cc1ccc(F)cc1)n1ccnc1)c1ccc(F)cc1. The number of halogens is 2. The quantitative estimate of drug-likeness (QED) is 0.348. The van der Waals surface area contributed by atoms with E-state index in [0.717, 1.165) is 11.3 Å². The molecule has 0 spiro atoms. The van der Waals surface area contributed by atoms with Gasteiger partial charge in [-0.05, 0) is 54.8 Å². The number of hydrogen-bond donors (Lipinski definition) is 2. The minimum absolute atomic E-state index is 0.0782. The largest absolute Gasteiger partial charge is 0.481 e. The first-order valence-electron chi connectivity index (χ1n) is 9.84. The Hall–Kier alpha value is -3.52. The van der Waals surface area contributed by atoms with Crippen LogP contribution in [0.2, 0.25) is 0 Å². The highest BCUT2D eigenvalue weighted by Crippen LogP contribution is 2.24. The third-order valence-corrected chi connectivity index (χ3v) is 4.58. The molecule has 0 bridgehead atoms. The van der Waals surface area contributed by atoms with E-state index < -0.39 is 5.97 Å². The van der Waals surface area contributed by atoms with Gasteiger partial charge < -0.3 is 9.67 Å². The molecule has 0 aliphatic carbocycles. The Labute approximate surface area is 178 Å². The van der Waals surface area contributed by atoms with Gasteiger partial charge in [0.1, 0.15) is 11.6 Å². The molecule has 0 aliphatic heterocycles. The van der Waals surface area contributed by atoms with Crippen molar-refractivity contribution in [3.05, 3.63) is 90.0 Å². The Morgan fingerprint density at radius 2 is 1.71 bits per heavy atom. The van der Waals surface area contributed by atoms with E-state index in [1.54, 1.807) is 43.0 Å². The van der Waals surface area contributed by atoms with E-state index in [-0.39, 0.29) is 18.1 Å². The second kappa shape index (κ2) is 11.0. The number of carbonyl (C=O) groups is 1. The summed E-state index contributed by atoms with van der Waals surface area (Å²) in [5.74, 6) is -1.53. The van der Waals surface area contributed by atoms with Gasteiger partial charge in [-0.3, -0.25) is 15.1 Å². The van der Waals surface area contributed by atoms with Gasteiger partial charge >= 0.3 is 5.97 Å². The molecule has 0 fully saturated rings. The summed E-state index contributed by atoms with van der Waals surface area (Å²) in [5, 5.41) is 8.74. The molecule has 1 heterocycles. The third kappa shape index (κ3) is 6.75. The normalized spacial score (nSPS) is 11.8. The predicted molar refractivity (Wildman–Crippen MR) is 112 cm³/mol. The van der Waals surface area contributed by atoms with E-state index in [1.165, 1.54) is 24.3 Å². The number of unbranched alkanes of at least 4 members (excludes halogenated alkanes) is 1. The summed E-state index contributed by atoms with van der Waals surface area (Å²) in [6.07, 6.45) is 6.62. The maximum absolute atomic E-state index is 13.5. The minimum Gasteiger partial charge on any atom is -0.481 e. The van der Waals surface area contributed by atoms with Crippen LogP contribution in [0.15, 0.2) is 67.3 Å². The van der Waals surface area contributed by atoms with Gasteiger partial charge in [-0.1, -0.05) is 12.1 Å². The van der Waals surface area contributed by atoms with Crippen LogP contribution in [0, 0.1) is 11.6 Å². The first kappa shape index (κ1) is 22.2. The zero-order chi connectivity index (χ0) is 22.1. The Bertz CT molecular complexity index is 1000. The minimum atomic E-state index is -0.846. The Morgan fingerprint density at radius 3 is 2.32 bits per heavy atom. The van der Waals surface area contributed by atoms with Crippen LogP contribution in [-0.2, 0) is 16.1 Å². The number of aromatic nitrogens is 2. The van der Waals surface area contributed by atoms with Crippen molar-refractivity contribution >= 4 is 17.4 Å². The van der Waals surface area contributed by atoms with Crippen LogP contribution in [-0.4, -0.2) is 27.2 Å². The number of rotatable bonds is 11. The lowest BCUT2D eigenvalue weighted by Crippen LogP contribution is -2.18. The summed E-state index contributed by atoms with van der Waals surface area (Å²) in [4.78, 5) is 20.4. The van der Waals surface area contributed by atoms with Gasteiger partial charge in [0.05, 0.1) is 24.3 Å². The highest BCUT2D eigenvalue weighted by Gasteiger charge is 2.14. The molecule has 31 heavy (non-hydrogen) atoms. The molecule has 0 saturated heterocycles. The number of nitrogens with zero attached hydrogens (tertiary/aromatic N) is 2. The molecule has 3 rings (SSSR count). The molecule has 2 aromatic carbocycles. The summed E-state index contributed by atoms with van der Waals surface area (Å²) < 4.78 is 28.7. The number of imidazole rings is 1. The molecule has 3 aromatic rings. The fourth-order valence-electron chi connectivity index (χ4n) is 3.00. The van der Waals surface area contributed by atoms with Crippen molar-refractivity contribution in [2.24, 2.45) is 0 Å². The number of aliphatic carboxylic acids is 1. The van der Waals surface area contributed by atoms with Crippen molar-refractivity contribution < 1.29 is 23.5 Å². The lowest BCUT2D eigenvalue weighted by Gasteiger charge is -2.19. The van der Waals surface area contributed by atoms with Crippen LogP contribution in [0.3, 0.4) is 0 Å². The molecule has 8 heteroatoms. The molecular formula is C23H23F2N3O3. The zero-order valence-electron chi connectivity index (χ0n) is 16.8. The van der Waals surface area contributed by atoms with Crippen LogP contribution in [0.4, 0.5) is 8.78 Å². The van der Waals surface area contributed by atoms with Gasteiger partial charge in [-0.25, -0.2) is 13.8 Å². The monoisotopic (exact) mass is 427 g/mol. The summed E-state index contributed by atoms with van der Waals surface area (Å²) in [5.41, 5.74) is 5.87. The van der Waals surface area contributed by atoms with Gasteiger partial charge in [-0.15, -0.1) is 0 Å². The zero-order valence-corrected chi connectivity index (χ0v) is 16.8. The maximum Gasteiger partial charge on any atom is 0.303 e. The molecule has 0 unspecified atom stereocenters. The van der Waals surface area contributed by atoms with Crippen LogP contribution in [0.25, 0.3) is 11.4 Å². The standard InChI is InChI=1S/C23H23F2N3O3/c24-19-8-4-17(5-9-19)15-21(28-13-12-26-16-28)23(18-6-10-20(25)11-7-18)27-31-14-2-1-3-22(29)30/h4-13,16,27H,1-3,14-15H2,(H,29,30). The molecule has 1 aromatic heterocycles. The average molecular weight is 427 g/mol. The van der Waals surface area contributed by atoms with E-state index >= 15 is 0 Å². The Balaban J connectivity index is 1.89. The van der Waals surface area contributed by atoms with E-state index in [4.69, 9.17) is 9.94 Å². The lowest BCUT2D eigenvalue weighted by atomic mass is 10.0. The Morgan fingerprint density at radius 1 is 1.03 bits per heavy atom. The van der Waals surface area contributed by atoms with Crippen molar-refractivity contribution in [2.45, 2.75) is 25.7 Å². The summed E-state index contributed by atoms with van der Waals surface area (Å²) in [6.45, 7) is 0.297. The molecule has 0 atom stereocenters. The number of hydroxylamine groups is 1. The summed E-state index contributed by atoms with van der Waals surface area (Å²) in [6, 6.07) is 12.2. The number of nitrogens with one attached hydrogen (secondary N) is 1. The molecule has 0 radical (unpaired) electrons. The van der Waals surface area contributed by atoms with Crippen molar-refractivity contribution in [1.29, 1.82) is 0 Å². The maximum atomic E-state index is 13.5. The van der Waals surface area contributed by atoms with E-state index in [1.807, 2.05) is 4.57 Å². The highest BCUT2D eigenvalue weighted by molar-refractivity contribution is 5.82. The molecule has 0 saturated carbocycles. The summed E-state index contributed by atoms with van der Waals surface area (Å²) in [7, 11) is 0. The van der Waals surface area contributed by atoms with Crippen molar-refractivity contribution in [2.75, 3.05) is 6.61 Å². The average Bonchev–Trinajstić information content (AvgIpc) is 3.29. The van der Waals surface area contributed by atoms with Gasteiger partial charge in [0.25, 0.3) is 0 Å². The third-order valence-electron chi connectivity index (χ3n) is 4.58. The lowest BCUT2D eigenvalue weighted by molar-refractivity contribution is -0.137. The van der Waals surface area contributed by atoms with E-state index in [2.05, 4.69) is 10.5 Å². The van der Waals surface area contributed by atoms with Gasteiger partial charge in [0, 0.05) is 30.8 Å². The molecule has 0 aliphatic rings. The van der Waals surface area contributed by atoms with Gasteiger partial charge in [0.15, 0.2) is 0 Å². The number of hydrogen-bond acceptors (Lipinski definition) is 4. The molecule has 2 N–H and O–H groups in total. The number of benzene rings is 2. The van der Waals surface area contributed by atoms with Gasteiger partial charge in [-0.2, -0.15) is 0 Å². The second-order valence-electron chi connectivity index (χ2n) is 6.90. The topological polar surface area (TPSA) is 76.4 Å². The first-order valence-corrected chi connectivity index (χ1v) is 9.84. The smallest absolute Gasteiger partial charge is 0.303 e. The van der Waals surface area contributed by atoms with Crippen molar-refractivity contribution in [3.8, 4) is 0 Å². The molecular weight excluding hydrogens is 404 g/mol. The fourth-order valence-corrected chi connectivity index (χ4v) is 3.00. The fraction of sp³-hybridized carbons (Fsp3) is 0.217. The van der Waals surface area contributed by atoms with Crippen LogP contribution in [0.1, 0.15) is 30.4 Å². The van der Waals surface area contributed by atoms with Crippen molar-refractivity contribution in [3.63, 3.8) is 0 Å².